The second-order valence-corrected chi connectivity index (χ2v) is 9.16. The molecular weight excluding hydrogens is 442 g/mol. The van der Waals surface area contributed by atoms with E-state index in [1.807, 2.05) is 38.1 Å². The molecule has 1 fully saturated rings. The Morgan fingerprint density at radius 3 is 2.45 bits per heavy atom. The maximum Gasteiger partial charge on any atom is 0.252 e. The number of aliphatic hydroxyl groups is 2. The van der Waals surface area contributed by atoms with E-state index in [9.17, 15) is 15.0 Å². The van der Waals surface area contributed by atoms with Gasteiger partial charge >= 0.3 is 0 Å². The Kier molecular flexibility index (Phi) is 9.35. The normalized spacial score (nSPS) is 14.5. The van der Waals surface area contributed by atoms with Crippen molar-refractivity contribution >= 4 is 23.3 Å². The fraction of sp³-hybridized carbons (Fsp3) is 0.520. The number of amides is 1. The monoisotopic (exact) mass is 475 g/mol. The Morgan fingerprint density at radius 1 is 1.21 bits per heavy atom. The highest BCUT2D eigenvalue weighted by Crippen LogP contribution is 2.26. The van der Waals surface area contributed by atoms with Crippen molar-refractivity contribution in [2.75, 3.05) is 37.8 Å². The average Bonchev–Trinajstić information content (AvgIpc) is 2.81. The van der Waals surface area contributed by atoms with Crippen LogP contribution in [0.15, 0.2) is 30.5 Å². The van der Waals surface area contributed by atoms with Crippen molar-refractivity contribution in [2.24, 2.45) is 5.92 Å². The van der Waals surface area contributed by atoms with Gasteiger partial charge in [0.15, 0.2) is 0 Å². The number of piperidine rings is 1. The van der Waals surface area contributed by atoms with Crippen LogP contribution in [0.25, 0.3) is 0 Å². The number of rotatable bonds is 10. The lowest BCUT2D eigenvalue weighted by Crippen LogP contribution is -2.40. The van der Waals surface area contributed by atoms with Gasteiger partial charge in [-0.3, -0.25) is 4.79 Å². The van der Waals surface area contributed by atoms with Crippen molar-refractivity contribution in [3.63, 3.8) is 0 Å². The van der Waals surface area contributed by atoms with Gasteiger partial charge in [-0.25, -0.2) is 4.98 Å². The molecule has 0 aliphatic carbocycles. The van der Waals surface area contributed by atoms with Gasteiger partial charge in [-0.2, -0.15) is 0 Å². The number of pyridine rings is 1. The summed E-state index contributed by atoms with van der Waals surface area (Å²) in [7, 11) is 0. The quantitative estimate of drug-likeness (QED) is 0.455. The molecule has 0 bridgehead atoms. The van der Waals surface area contributed by atoms with Crippen LogP contribution in [0.4, 0.5) is 5.82 Å². The SMILES string of the molecule is Cc1cc(OCCCC2CCN(c3ccc(Cl)cn3)CC2)cc(C)c1C(=O)NC(CO)CO. The molecule has 3 N–H and O–H groups in total. The van der Waals surface area contributed by atoms with E-state index in [0.717, 1.165) is 61.5 Å². The predicted octanol–water partition coefficient (Wildman–Crippen LogP) is 3.51. The van der Waals surface area contributed by atoms with E-state index in [0.29, 0.717) is 23.1 Å². The summed E-state index contributed by atoms with van der Waals surface area (Å²) in [6.45, 7) is 5.78. The molecule has 1 aliphatic rings. The van der Waals surface area contributed by atoms with Crippen LogP contribution in [0.3, 0.4) is 0 Å². The Balaban J connectivity index is 1.43. The number of hydrogen-bond donors (Lipinski definition) is 3. The molecule has 2 aromatic rings. The molecule has 180 valence electrons. The fourth-order valence-electron chi connectivity index (χ4n) is 4.34. The van der Waals surface area contributed by atoms with Gasteiger partial charge in [0.1, 0.15) is 11.6 Å². The average molecular weight is 476 g/mol. The van der Waals surface area contributed by atoms with E-state index in [4.69, 9.17) is 16.3 Å². The van der Waals surface area contributed by atoms with Crippen molar-refractivity contribution in [1.29, 1.82) is 0 Å². The first kappa shape index (κ1) is 25.3. The third-order valence-electron chi connectivity index (χ3n) is 6.18. The van der Waals surface area contributed by atoms with Crippen molar-refractivity contribution < 1.29 is 19.7 Å². The Morgan fingerprint density at radius 2 is 1.88 bits per heavy atom. The molecule has 0 atom stereocenters. The minimum Gasteiger partial charge on any atom is -0.494 e. The van der Waals surface area contributed by atoms with E-state index in [1.165, 1.54) is 0 Å². The van der Waals surface area contributed by atoms with Crippen molar-refractivity contribution in [3.05, 3.63) is 52.2 Å². The molecule has 7 nitrogen and oxygen atoms in total. The van der Waals surface area contributed by atoms with Gasteiger partial charge in [0.05, 0.1) is 30.9 Å². The zero-order valence-corrected chi connectivity index (χ0v) is 20.1. The number of halogens is 1. The van der Waals surface area contributed by atoms with Gasteiger partial charge < -0.3 is 25.2 Å². The van der Waals surface area contributed by atoms with Crippen LogP contribution in [-0.4, -0.2) is 60.1 Å². The number of aliphatic hydroxyl groups excluding tert-OH is 2. The molecule has 1 aromatic heterocycles. The van der Waals surface area contributed by atoms with Crippen molar-refractivity contribution in [2.45, 2.75) is 45.6 Å². The molecule has 0 spiro atoms. The molecule has 1 saturated heterocycles. The van der Waals surface area contributed by atoms with Crippen LogP contribution in [0, 0.1) is 19.8 Å². The highest BCUT2D eigenvalue weighted by Gasteiger charge is 2.20. The highest BCUT2D eigenvalue weighted by molar-refractivity contribution is 6.30. The standard InChI is InChI=1S/C25H34ClN3O4/c1-17-12-22(13-18(2)24(17)25(32)28-21(15-30)16-31)33-11-3-4-19-7-9-29(10-8-19)23-6-5-20(26)14-27-23/h5-6,12-14,19,21,30-31H,3-4,7-11,15-16H2,1-2H3,(H,28,32). The summed E-state index contributed by atoms with van der Waals surface area (Å²) in [5.41, 5.74) is 2.16. The van der Waals surface area contributed by atoms with Gasteiger partial charge in [0.25, 0.3) is 5.91 Å². The summed E-state index contributed by atoms with van der Waals surface area (Å²) in [6.07, 6.45) is 6.11. The Hall–Kier alpha value is -2.35. The lowest BCUT2D eigenvalue weighted by atomic mass is 9.92. The van der Waals surface area contributed by atoms with Gasteiger partial charge in [0.2, 0.25) is 0 Å². The summed E-state index contributed by atoms with van der Waals surface area (Å²) in [4.78, 5) is 19.2. The molecule has 0 unspecified atom stereocenters. The van der Waals surface area contributed by atoms with Crippen LogP contribution >= 0.6 is 11.6 Å². The van der Waals surface area contributed by atoms with Gasteiger partial charge in [0, 0.05) is 24.8 Å². The number of carbonyl (C=O) groups is 1. The van der Waals surface area contributed by atoms with Crippen LogP contribution in [0.5, 0.6) is 5.75 Å². The van der Waals surface area contributed by atoms with Crippen LogP contribution < -0.4 is 15.0 Å². The smallest absolute Gasteiger partial charge is 0.252 e. The molecule has 2 heterocycles. The minimum atomic E-state index is -0.665. The van der Waals surface area contributed by atoms with Gasteiger partial charge in [-0.15, -0.1) is 0 Å². The molecule has 0 saturated carbocycles. The Labute approximate surface area is 200 Å². The lowest BCUT2D eigenvalue weighted by molar-refractivity contribution is 0.0878. The first-order valence-electron chi connectivity index (χ1n) is 11.5. The molecular formula is C25H34ClN3O4. The summed E-state index contributed by atoms with van der Waals surface area (Å²) in [6, 6.07) is 6.93. The fourth-order valence-corrected chi connectivity index (χ4v) is 4.45. The second-order valence-electron chi connectivity index (χ2n) is 8.72. The number of anilines is 1. The first-order valence-corrected chi connectivity index (χ1v) is 11.9. The number of aryl methyl sites for hydroxylation is 2. The zero-order valence-electron chi connectivity index (χ0n) is 19.4. The second kappa shape index (κ2) is 12.2. The van der Waals surface area contributed by atoms with E-state index in [2.05, 4.69) is 15.2 Å². The van der Waals surface area contributed by atoms with Crippen molar-refractivity contribution in [1.82, 2.24) is 10.3 Å². The lowest BCUT2D eigenvalue weighted by Gasteiger charge is -2.32. The number of nitrogens with zero attached hydrogens (tertiary/aromatic N) is 2. The summed E-state index contributed by atoms with van der Waals surface area (Å²) in [5.74, 6) is 2.14. The van der Waals surface area contributed by atoms with Crippen LogP contribution in [-0.2, 0) is 0 Å². The third-order valence-corrected chi connectivity index (χ3v) is 6.41. The maximum atomic E-state index is 12.5. The topological polar surface area (TPSA) is 94.9 Å². The number of ether oxygens (including phenoxy) is 1. The molecule has 3 rings (SSSR count). The predicted molar refractivity (Wildman–Crippen MR) is 130 cm³/mol. The highest BCUT2D eigenvalue weighted by atomic mass is 35.5. The van der Waals surface area contributed by atoms with Crippen LogP contribution in [0.2, 0.25) is 5.02 Å². The number of hydrogen-bond acceptors (Lipinski definition) is 6. The first-order chi connectivity index (χ1) is 15.9. The largest absolute Gasteiger partial charge is 0.494 e. The van der Waals surface area contributed by atoms with Crippen molar-refractivity contribution in [3.8, 4) is 5.75 Å². The minimum absolute atomic E-state index is 0.301. The summed E-state index contributed by atoms with van der Waals surface area (Å²) < 4.78 is 5.97. The third kappa shape index (κ3) is 7.06. The summed E-state index contributed by atoms with van der Waals surface area (Å²) >= 11 is 5.93. The number of carbonyl (C=O) groups excluding carboxylic acids is 1. The van der Waals surface area contributed by atoms with Gasteiger partial charge in [-0.1, -0.05) is 11.6 Å². The Bertz CT molecular complexity index is 887. The molecule has 0 radical (unpaired) electrons. The number of nitrogens with one attached hydrogen (secondary N) is 1. The molecule has 1 aromatic carbocycles. The number of benzene rings is 1. The number of aromatic nitrogens is 1. The van der Waals surface area contributed by atoms with Crippen LogP contribution in [0.1, 0.15) is 47.2 Å². The molecule has 1 amide bonds. The van der Waals surface area contributed by atoms with E-state index in [1.54, 1.807) is 6.20 Å². The van der Waals surface area contributed by atoms with E-state index in [-0.39, 0.29) is 19.1 Å². The maximum absolute atomic E-state index is 12.5. The summed E-state index contributed by atoms with van der Waals surface area (Å²) in [5, 5.41) is 21.7. The van der Waals surface area contributed by atoms with E-state index < -0.39 is 6.04 Å². The zero-order chi connectivity index (χ0) is 23.8. The van der Waals surface area contributed by atoms with E-state index >= 15 is 0 Å². The molecule has 8 heteroatoms. The molecule has 33 heavy (non-hydrogen) atoms. The molecule has 1 aliphatic heterocycles. The van der Waals surface area contributed by atoms with Gasteiger partial charge in [-0.05, 0) is 80.8 Å².